The monoisotopic (exact) mass is 390 g/mol. The molecule has 2 atom stereocenters. The molecule has 1 amide bonds. The highest BCUT2D eigenvalue weighted by Crippen LogP contribution is 2.37. The average Bonchev–Trinajstić information content (AvgIpc) is 3.18. The number of halogens is 3. The first-order valence-corrected chi connectivity index (χ1v) is 9.18. The van der Waals surface area contributed by atoms with E-state index >= 15 is 0 Å². The van der Waals surface area contributed by atoms with Crippen molar-refractivity contribution in [1.29, 1.82) is 0 Å². The minimum absolute atomic E-state index is 0.0657. The van der Waals surface area contributed by atoms with E-state index in [1.807, 2.05) is 17.5 Å². The maximum absolute atomic E-state index is 12.9. The number of hydrogen-bond acceptors (Lipinski definition) is 4. The Hall–Kier alpha value is -1.68. The Bertz CT molecular complexity index is 782. The minimum atomic E-state index is -4.21. The standard InChI is InChI=1S/C15H17F3N4OS2/c16-15(17,18)9-3-1-4-10(7-9)19-12(23)8-22-13(20-21-14(22)24)11-5-2-6-25-11/h2,5-6,9-10H,1,3-4,7-8H2,(H,19,23)(H,21,24). The lowest BCUT2D eigenvalue weighted by Crippen LogP contribution is -2.42. The average molecular weight is 390 g/mol. The molecule has 2 unspecified atom stereocenters. The van der Waals surface area contributed by atoms with Crippen molar-refractivity contribution in [3.8, 4) is 10.7 Å². The molecule has 0 aromatic carbocycles. The topological polar surface area (TPSA) is 62.7 Å². The number of H-pyrrole nitrogens is 1. The highest BCUT2D eigenvalue weighted by atomic mass is 32.1. The van der Waals surface area contributed by atoms with Gasteiger partial charge in [-0.2, -0.15) is 18.3 Å². The SMILES string of the molecule is O=C(Cn1c(-c2cccs2)n[nH]c1=S)NC1CCCC(C(F)(F)F)C1. The molecule has 0 saturated heterocycles. The summed E-state index contributed by atoms with van der Waals surface area (Å²) in [5.74, 6) is -1.15. The summed E-state index contributed by atoms with van der Waals surface area (Å²) in [7, 11) is 0. The molecule has 0 aliphatic heterocycles. The van der Waals surface area contributed by atoms with Crippen LogP contribution in [0.2, 0.25) is 0 Å². The molecule has 2 aromatic heterocycles. The largest absolute Gasteiger partial charge is 0.391 e. The summed E-state index contributed by atoms with van der Waals surface area (Å²) >= 11 is 6.62. The van der Waals surface area contributed by atoms with Gasteiger partial charge in [0, 0.05) is 6.04 Å². The van der Waals surface area contributed by atoms with Crippen molar-refractivity contribution in [2.24, 2.45) is 5.92 Å². The van der Waals surface area contributed by atoms with Crippen LogP contribution < -0.4 is 5.32 Å². The van der Waals surface area contributed by atoms with Gasteiger partial charge in [-0.15, -0.1) is 11.3 Å². The number of amides is 1. The number of nitrogens with zero attached hydrogens (tertiary/aromatic N) is 2. The fourth-order valence-corrected chi connectivity index (χ4v) is 4.01. The minimum Gasteiger partial charge on any atom is -0.352 e. The summed E-state index contributed by atoms with van der Waals surface area (Å²) < 4.78 is 40.5. The van der Waals surface area contributed by atoms with Crippen molar-refractivity contribution in [1.82, 2.24) is 20.1 Å². The summed E-state index contributed by atoms with van der Waals surface area (Å²) in [5, 5.41) is 11.4. The van der Waals surface area contributed by atoms with Crippen molar-refractivity contribution in [3.05, 3.63) is 22.3 Å². The molecule has 0 bridgehead atoms. The van der Waals surface area contributed by atoms with E-state index in [9.17, 15) is 18.0 Å². The van der Waals surface area contributed by atoms with Gasteiger partial charge in [0.25, 0.3) is 0 Å². The lowest BCUT2D eigenvalue weighted by molar-refractivity contribution is -0.184. The van der Waals surface area contributed by atoms with Crippen LogP contribution in [0, 0.1) is 10.7 Å². The van der Waals surface area contributed by atoms with Gasteiger partial charge in [-0.05, 0) is 42.9 Å². The summed E-state index contributed by atoms with van der Waals surface area (Å²) in [6, 6.07) is 3.26. The number of hydrogen-bond donors (Lipinski definition) is 2. The fraction of sp³-hybridized carbons (Fsp3) is 0.533. The molecule has 2 heterocycles. The predicted molar refractivity (Wildman–Crippen MR) is 90.7 cm³/mol. The summed E-state index contributed by atoms with van der Waals surface area (Å²) in [6.45, 7) is -0.0737. The smallest absolute Gasteiger partial charge is 0.352 e. The third-order valence-corrected chi connectivity index (χ3v) is 5.48. The van der Waals surface area contributed by atoms with Gasteiger partial charge in [0.1, 0.15) is 6.54 Å². The van der Waals surface area contributed by atoms with Crippen molar-refractivity contribution in [2.75, 3.05) is 0 Å². The van der Waals surface area contributed by atoms with Crippen molar-refractivity contribution >= 4 is 29.5 Å². The first-order chi connectivity index (χ1) is 11.8. The van der Waals surface area contributed by atoms with Gasteiger partial charge in [0.15, 0.2) is 10.6 Å². The van der Waals surface area contributed by atoms with Gasteiger partial charge in [-0.3, -0.25) is 14.5 Å². The van der Waals surface area contributed by atoms with E-state index in [-0.39, 0.29) is 25.3 Å². The summed E-state index contributed by atoms with van der Waals surface area (Å²) in [6.07, 6.45) is -3.12. The number of alkyl halides is 3. The van der Waals surface area contributed by atoms with Crippen LogP contribution in [0.1, 0.15) is 25.7 Å². The molecule has 2 N–H and O–H groups in total. The molecule has 0 radical (unpaired) electrons. The molecular weight excluding hydrogens is 373 g/mol. The molecule has 136 valence electrons. The van der Waals surface area contributed by atoms with E-state index in [1.54, 1.807) is 4.57 Å². The Morgan fingerprint density at radius 3 is 2.96 bits per heavy atom. The van der Waals surface area contributed by atoms with Crippen LogP contribution in [0.5, 0.6) is 0 Å². The second kappa shape index (κ2) is 7.28. The maximum atomic E-state index is 12.9. The quantitative estimate of drug-likeness (QED) is 0.778. The number of aromatic nitrogens is 3. The van der Waals surface area contributed by atoms with Crippen LogP contribution in [0.3, 0.4) is 0 Å². The molecule has 25 heavy (non-hydrogen) atoms. The lowest BCUT2D eigenvalue weighted by Gasteiger charge is -2.31. The first kappa shape index (κ1) is 18.1. The number of carbonyl (C=O) groups is 1. The zero-order valence-corrected chi connectivity index (χ0v) is 14.8. The molecule has 1 aliphatic carbocycles. The molecule has 1 aliphatic rings. The van der Waals surface area contributed by atoms with Gasteiger partial charge < -0.3 is 5.32 Å². The number of rotatable bonds is 4. The van der Waals surface area contributed by atoms with Crippen molar-refractivity contribution < 1.29 is 18.0 Å². The molecule has 0 spiro atoms. The highest BCUT2D eigenvalue weighted by molar-refractivity contribution is 7.71. The van der Waals surface area contributed by atoms with Crippen LogP contribution in [-0.4, -0.2) is 32.9 Å². The van der Waals surface area contributed by atoms with E-state index in [0.29, 0.717) is 23.4 Å². The fourth-order valence-electron chi connectivity index (χ4n) is 3.09. The molecule has 10 heteroatoms. The predicted octanol–water partition coefficient (Wildman–Crippen LogP) is 3.91. The lowest BCUT2D eigenvalue weighted by atomic mass is 9.85. The Balaban J connectivity index is 1.66. The second-order valence-electron chi connectivity index (χ2n) is 6.09. The van der Waals surface area contributed by atoms with Gasteiger partial charge in [-0.25, -0.2) is 0 Å². The number of carbonyl (C=O) groups excluding carboxylic acids is 1. The number of aromatic amines is 1. The molecular formula is C15H17F3N4OS2. The Kier molecular flexibility index (Phi) is 5.28. The Morgan fingerprint density at radius 2 is 2.28 bits per heavy atom. The number of thiophene rings is 1. The summed E-state index contributed by atoms with van der Waals surface area (Å²) in [5.41, 5.74) is 0. The molecule has 1 fully saturated rings. The maximum Gasteiger partial charge on any atom is 0.391 e. The van der Waals surface area contributed by atoms with Gasteiger partial charge in [-0.1, -0.05) is 12.5 Å². The summed E-state index contributed by atoms with van der Waals surface area (Å²) in [4.78, 5) is 13.2. The molecule has 1 saturated carbocycles. The Morgan fingerprint density at radius 1 is 1.48 bits per heavy atom. The highest BCUT2D eigenvalue weighted by Gasteiger charge is 2.42. The van der Waals surface area contributed by atoms with Crippen LogP contribution in [0.4, 0.5) is 13.2 Å². The zero-order chi connectivity index (χ0) is 18.0. The van der Waals surface area contributed by atoms with E-state index in [4.69, 9.17) is 12.2 Å². The number of nitrogens with one attached hydrogen (secondary N) is 2. The van der Waals surface area contributed by atoms with Gasteiger partial charge >= 0.3 is 6.18 Å². The van der Waals surface area contributed by atoms with Crippen molar-refractivity contribution in [2.45, 2.75) is 44.4 Å². The first-order valence-electron chi connectivity index (χ1n) is 7.89. The Labute approximate surface area is 151 Å². The van der Waals surface area contributed by atoms with Gasteiger partial charge in [0.2, 0.25) is 5.91 Å². The van der Waals surface area contributed by atoms with E-state index in [1.165, 1.54) is 11.3 Å². The van der Waals surface area contributed by atoms with E-state index in [0.717, 1.165) is 4.88 Å². The molecule has 3 rings (SSSR count). The van der Waals surface area contributed by atoms with E-state index in [2.05, 4.69) is 15.5 Å². The van der Waals surface area contributed by atoms with Crippen LogP contribution in [0.15, 0.2) is 17.5 Å². The van der Waals surface area contributed by atoms with E-state index < -0.39 is 18.1 Å². The van der Waals surface area contributed by atoms with Crippen LogP contribution in [0.25, 0.3) is 10.7 Å². The third-order valence-electron chi connectivity index (χ3n) is 4.30. The molecule has 5 nitrogen and oxygen atoms in total. The normalized spacial score (nSPS) is 21.2. The third kappa shape index (κ3) is 4.30. The van der Waals surface area contributed by atoms with Gasteiger partial charge in [0.05, 0.1) is 10.8 Å². The molecule has 2 aromatic rings. The zero-order valence-electron chi connectivity index (χ0n) is 13.2. The second-order valence-corrected chi connectivity index (χ2v) is 7.42. The van der Waals surface area contributed by atoms with Crippen LogP contribution >= 0.6 is 23.6 Å². The van der Waals surface area contributed by atoms with Crippen LogP contribution in [-0.2, 0) is 11.3 Å². The van der Waals surface area contributed by atoms with Crippen molar-refractivity contribution in [3.63, 3.8) is 0 Å².